The van der Waals surface area contributed by atoms with Crippen LogP contribution < -0.4 is 14.8 Å². The normalized spacial score (nSPS) is 12.3. The lowest BCUT2D eigenvalue weighted by atomic mass is 10.1. The molecule has 0 saturated heterocycles. The molecule has 1 amide bonds. The second kappa shape index (κ2) is 5.68. The maximum atomic E-state index is 12.3. The zero-order valence-corrected chi connectivity index (χ0v) is 12.6. The Labute approximate surface area is 131 Å². The number of ether oxygens (including phenoxy) is 2. The number of furan rings is 1. The molecule has 0 aliphatic carbocycles. The number of amides is 1. The number of aromatic carboxylic acids is 1. The number of aryl methyl sites for hydroxylation is 2. The number of carboxylic acid groups (broad SMARTS) is 1. The lowest BCUT2D eigenvalue weighted by Crippen LogP contribution is -2.12. The van der Waals surface area contributed by atoms with E-state index in [-0.39, 0.29) is 23.9 Å². The molecule has 0 saturated carbocycles. The minimum Gasteiger partial charge on any atom is -0.478 e. The molecule has 2 aromatic rings. The predicted octanol–water partition coefficient (Wildman–Crippen LogP) is 2.83. The third-order valence-electron chi connectivity index (χ3n) is 3.55. The van der Waals surface area contributed by atoms with Gasteiger partial charge in [0.2, 0.25) is 6.79 Å². The number of benzene rings is 1. The monoisotopic (exact) mass is 317 g/mol. The van der Waals surface area contributed by atoms with E-state index in [1.165, 1.54) is 6.07 Å². The van der Waals surface area contributed by atoms with Crippen molar-refractivity contribution in [1.29, 1.82) is 0 Å². The lowest BCUT2D eigenvalue weighted by molar-refractivity contribution is 0.0694. The first-order valence-electron chi connectivity index (χ1n) is 7.07. The molecule has 7 nitrogen and oxygen atoms in total. The van der Waals surface area contributed by atoms with Gasteiger partial charge in [0.25, 0.3) is 5.91 Å². The number of hydrogen-bond acceptors (Lipinski definition) is 5. The van der Waals surface area contributed by atoms with Crippen LogP contribution in [-0.4, -0.2) is 23.8 Å². The van der Waals surface area contributed by atoms with Gasteiger partial charge in [-0.3, -0.25) is 4.79 Å². The Bertz CT molecular complexity index is 792. The standard InChI is InChI=1S/C16H15NO6/c1-3-11-9(16(19)20)5-14(23-11)15(18)17-10-6-13-12(4-8(10)2)21-7-22-13/h4-6H,3,7H2,1-2H3,(H,17,18)(H,19,20). The average Bonchev–Trinajstić information content (AvgIpc) is 3.13. The van der Waals surface area contributed by atoms with Gasteiger partial charge in [0.05, 0.1) is 0 Å². The van der Waals surface area contributed by atoms with Crippen LogP contribution in [-0.2, 0) is 6.42 Å². The maximum Gasteiger partial charge on any atom is 0.339 e. The molecular weight excluding hydrogens is 302 g/mol. The van der Waals surface area contributed by atoms with Crippen LogP contribution in [0.15, 0.2) is 22.6 Å². The van der Waals surface area contributed by atoms with Crippen molar-refractivity contribution >= 4 is 17.6 Å². The third-order valence-corrected chi connectivity index (χ3v) is 3.55. The summed E-state index contributed by atoms with van der Waals surface area (Å²) in [5, 5.41) is 11.8. The number of carbonyl (C=O) groups is 2. The molecule has 23 heavy (non-hydrogen) atoms. The topological polar surface area (TPSA) is 98.0 Å². The molecule has 2 N–H and O–H groups in total. The number of anilines is 1. The van der Waals surface area contributed by atoms with Crippen LogP contribution in [0.2, 0.25) is 0 Å². The molecule has 0 unspecified atom stereocenters. The summed E-state index contributed by atoms with van der Waals surface area (Å²) in [7, 11) is 0. The van der Waals surface area contributed by atoms with Gasteiger partial charge in [-0.1, -0.05) is 6.92 Å². The van der Waals surface area contributed by atoms with Gasteiger partial charge in [0, 0.05) is 24.2 Å². The Morgan fingerprint density at radius 1 is 1.22 bits per heavy atom. The van der Waals surface area contributed by atoms with Crippen molar-refractivity contribution in [3.05, 3.63) is 40.8 Å². The number of rotatable bonds is 4. The Kier molecular flexibility index (Phi) is 3.69. The van der Waals surface area contributed by atoms with Crippen LogP contribution in [0, 0.1) is 6.92 Å². The number of hydrogen-bond donors (Lipinski definition) is 2. The Morgan fingerprint density at radius 2 is 1.91 bits per heavy atom. The number of fused-ring (bicyclic) bond motifs is 1. The summed E-state index contributed by atoms with van der Waals surface area (Å²) in [6, 6.07) is 4.66. The lowest BCUT2D eigenvalue weighted by Gasteiger charge is -2.08. The van der Waals surface area contributed by atoms with Crippen molar-refractivity contribution in [1.82, 2.24) is 0 Å². The van der Waals surface area contributed by atoms with Gasteiger partial charge in [0.15, 0.2) is 17.3 Å². The predicted molar refractivity (Wildman–Crippen MR) is 80.3 cm³/mol. The summed E-state index contributed by atoms with van der Waals surface area (Å²) in [6.45, 7) is 3.72. The quantitative estimate of drug-likeness (QED) is 0.900. The fourth-order valence-corrected chi connectivity index (χ4v) is 2.35. The maximum absolute atomic E-state index is 12.3. The molecule has 0 fully saturated rings. The van der Waals surface area contributed by atoms with E-state index < -0.39 is 11.9 Å². The molecule has 2 heterocycles. The van der Waals surface area contributed by atoms with E-state index in [1.807, 2.05) is 6.92 Å². The minimum atomic E-state index is -1.12. The van der Waals surface area contributed by atoms with E-state index in [0.717, 1.165) is 5.56 Å². The molecule has 0 spiro atoms. The average molecular weight is 317 g/mol. The number of nitrogens with one attached hydrogen (secondary N) is 1. The first kappa shape index (κ1) is 15.0. The summed E-state index contributed by atoms with van der Waals surface area (Å²) in [6.07, 6.45) is 0.387. The van der Waals surface area contributed by atoms with Gasteiger partial charge in [-0.25, -0.2) is 4.79 Å². The number of carboxylic acids is 1. The molecule has 1 aliphatic rings. The van der Waals surface area contributed by atoms with Gasteiger partial charge in [-0.05, 0) is 18.6 Å². The van der Waals surface area contributed by atoms with Crippen LogP contribution >= 0.6 is 0 Å². The summed E-state index contributed by atoms with van der Waals surface area (Å²) >= 11 is 0. The fraction of sp³-hybridized carbons (Fsp3) is 0.250. The molecular formula is C16H15NO6. The fourth-order valence-electron chi connectivity index (χ4n) is 2.35. The van der Waals surface area contributed by atoms with Crippen LogP contribution in [0.5, 0.6) is 11.5 Å². The summed E-state index contributed by atoms with van der Waals surface area (Å²) < 4.78 is 15.9. The molecule has 120 valence electrons. The molecule has 0 bridgehead atoms. The molecule has 1 aliphatic heterocycles. The second-order valence-electron chi connectivity index (χ2n) is 5.08. The Morgan fingerprint density at radius 3 is 2.52 bits per heavy atom. The third kappa shape index (κ3) is 2.73. The molecule has 7 heteroatoms. The van der Waals surface area contributed by atoms with Gasteiger partial charge >= 0.3 is 5.97 Å². The van der Waals surface area contributed by atoms with Crippen molar-refractivity contribution in [2.75, 3.05) is 12.1 Å². The highest BCUT2D eigenvalue weighted by Gasteiger charge is 2.22. The molecule has 1 aromatic carbocycles. The molecule has 0 radical (unpaired) electrons. The highest BCUT2D eigenvalue weighted by molar-refractivity contribution is 6.04. The summed E-state index contributed by atoms with van der Waals surface area (Å²) in [5.74, 6) is -0.245. The van der Waals surface area contributed by atoms with Crippen molar-refractivity contribution < 1.29 is 28.6 Å². The van der Waals surface area contributed by atoms with Gasteiger partial charge in [-0.15, -0.1) is 0 Å². The zero-order chi connectivity index (χ0) is 16.6. The van der Waals surface area contributed by atoms with Crippen LogP contribution in [0.4, 0.5) is 5.69 Å². The minimum absolute atomic E-state index is 0.0000543. The Balaban J connectivity index is 1.86. The van der Waals surface area contributed by atoms with Gasteiger partial charge in [0.1, 0.15) is 11.3 Å². The van der Waals surface area contributed by atoms with E-state index in [4.69, 9.17) is 19.0 Å². The summed E-state index contributed by atoms with van der Waals surface area (Å²) in [5.41, 5.74) is 1.34. The van der Waals surface area contributed by atoms with Crippen LogP contribution in [0.25, 0.3) is 0 Å². The van der Waals surface area contributed by atoms with Gasteiger partial charge in [-0.2, -0.15) is 0 Å². The molecule has 0 atom stereocenters. The van der Waals surface area contributed by atoms with Crippen molar-refractivity contribution in [3.8, 4) is 11.5 Å². The SMILES string of the molecule is CCc1oc(C(=O)Nc2cc3c(cc2C)OCO3)cc1C(=O)O. The van der Waals surface area contributed by atoms with Crippen LogP contribution in [0.3, 0.4) is 0 Å². The zero-order valence-electron chi connectivity index (χ0n) is 12.6. The first-order valence-corrected chi connectivity index (χ1v) is 7.07. The molecule has 3 rings (SSSR count). The van der Waals surface area contributed by atoms with Gasteiger partial charge < -0.3 is 24.3 Å². The van der Waals surface area contributed by atoms with Crippen molar-refractivity contribution in [3.63, 3.8) is 0 Å². The Hall–Kier alpha value is -2.96. The van der Waals surface area contributed by atoms with Crippen LogP contribution in [0.1, 0.15) is 39.2 Å². The highest BCUT2D eigenvalue weighted by atomic mass is 16.7. The van der Waals surface area contributed by atoms with E-state index in [0.29, 0.717) is 23.6 Å². The van der Waals surface area contributed by atoms with E-state index in [1.54, 1.807) is 19.1 Å². The van der Waals surface area contributed by atoms with Crippen molar-refractivity contribution in [2.24, 2.45) is 0 Å². The largest absolute Gasteiger partial charge is 0.478 e. The highest BCUT2D eigenvalue weighted by Crippen LogP contribution is 2.36. The van der Waals surface area contributed by atoms with E-state index in [9.17, 15) is 9.59 Å². The smallest absolute Gasteiger partial charge is 0.339 e. The van der Waals surface area contributed by atoms with Crippen molar-refractivity contribution in [2.45, 2.75) is 20.3 Å². The summed E-state index contributed by atoms with van der Waals surface area (Å²) in [4.78, 5) is 23.4. The first-order chi connectivity index (χ1) is 11.0. The second-order valence-corrected chi connectivity index (χ2v) is 5.08. The van der Waals surface area contributed by atoms with E-state index >= 15 is 0 Å². The van der Waals surface area contributed by atoms with E-state index in [2.05, 4.69) is 5.32 Å². The molecule has 1 aromatic heterocycles. The number of carbonyl (C=O) groups excluding carboxylic acids is 1.